The smallest absolute Gasteiger partial charge is 0.161 e. The van der Waals surface area contributed by atoms with Crippen LogP contribution in [0.25, 0.3) is 22.1 Å². The number of benzene rings is 1. The summed E-state index contributed by atoms with van der Waals surface area (Å²) in [5, 5.41) is 1.08. The molecule has 1 aromatic carbocycles. The normalized spacial score (nSPS) is 17.8. The van der Waals surface area contributed by atoms with E-state index in [0.717, 1.165) is 34.3 Å². The quantitative estimate of drug-likeness (QED) is 0.688. The summed E-state index contributed by atoms with van der Waals surface area (Å²) in [6.45, 7) is 9.92. The molecule has 3 heterocycles. The molecule has 2 aromatic heterocycles. The minimum atomic E-state index is 0.276. The van der Waals surface area contributed by atoms with E-state index in [2.05, 4.69) is 67.0 Å². The Labute approximate surface area is 142 Å². The van der Waals surface area contributed by atoms with Crippen LogP contribution in [0, 0.1) is 12.8 Å². The zero-order valence-electron chi connectivity index (χ0n) is 14.7. The van der Waals surface area contributed by atoms with E-state index in [9.17, 15) is 0 Å². The van der Waals surface area contributed by atoms with E-state index in [4.69, 9.17) is 4.42 Å². The lowest BCUT2D eigenvalue weighted by atomic mass is 10.1. The van der Waals surface area contributed by atoms with Gasteiger partial charge in [0.05, 0.1) is 5.69 Å². The van der Waals surface area contributed by atoms with E-state index < -0.39 is 0 Å². The summed E-state index contributed by atoms with van der Waals surface area (Å²) in [7, 11) is 0. The zero-order valence-corrected chi connectivity index (χ0v) is 14.7. The van der Waals surface area contributed by atoms with Gasteiger partial charge in [-0.1, -0.05) is 19.9 Å². The Hall–Kier alpha value is -2.49. The SMILES string of the molecule is Cc1ccc2c(oc3cccnc32)c1N1C=CN(CC(C)C)[C@@H]1C. The number of anilines is 1. The van der Waals surface area contributed by atoms with Gasteiger partial charge in [-0.2, -0.15) is 0 Å². The number of aryl methyl sites for hydroxylation is 1. The monoisotopic (exact) mass is 321 g/mol. The van der Waals surface area contributed by atoms with Gasteiger partial charge in [-0.15, -0.1) is 0 Å². The Morgan fingerprint density at radius 1 is 1.21 bits per heavy atom. The van der Waals surface area contributed by atoms with Crippen molar-refractivity contribution in [3.05, 3.63) is 48.4 Å². The molecule has 4 heteroatoms. The van der Waals surface area contributed by atoms with E-state index in [1.165, 1.54) is 5.56 Å². The fourth-order valence-electron chi connectivity index (χ4n) is 3.53. The van der Waals surface area contributed by atoms with Crippen molar-refractivity contribution in [2.45, 2.75) is 33.9 Å². The fraction of sp³-hybridized carbons (Fsp3) is 0.350. The summed E-state index contributed by atoms with van der Waals surface area (Å²) in [6.07, 6.45) is 6.44. The first kappa shape index (κ1) is 15.1. The summed E-state index contributed by atoms with van der Waals surface area (Å²) in [5.41, 5.74) is 5.05. The topological polar surface area (TPSA) is 32.5 Å². The Balaban J connectivity index is 1.85. The highest BCUT2D eigenvalue weighted by molar-refractivity contribution is 6.07. The van der Waals surface area contributed by atoms with Crippen LogP contribution in [-0.4, -0.2) is 22.6 Å². The van der Waals surface area contributed by atoms with Crippen LogP contribution in [0.5, 0.6) is 0 Å². The van der Waals surface area contributed by atoms with Crippen molar-refractivity contribution < 1.29 is 4.42 Å². The maximum Gasteiger partial charge on any atom is 0.161 e. The number of aromatic nitrogens is 1. The molecule has 0 bridgehead atoms. The summed E-state index contributed by atoms with van der Waals surface area (Å²) in [5.74, 6) is 0.629. The van der Waals surface area contributed by atoms with Gasteiger partial charge in [0.15, 0.2) is 11.2 Å². The van der Waals surface area contributed by atoms with Crippen LogP contribution in [0.3, 0.4) is 0 Å². The first-order valence-corrected chi connectivity index (χ1v) is 8.55. The summed E-state index contributed by atoms with van der Waals surface area (Å²) in [6, 6.07) is 8.17. The molecule has 1 aliphatic heterocycles. The number of hydrogen-bond acceptors (Lipinski definition) is 4. The summed E-state index contributed by atoms with van der Waals surface area (Å²) in [4.78, 5) is 9.19. The molecule has 1 atom stereocenters. The fourth-order valence-corrected chi connectivity index (χ4v) is 3.53. The highest BCUT2D eigenvalue weighted by atomic mass is 16.3. The second-order valence-corrected chi connectivity index (χ2v) is 6.99. The maximum atomic E-state index is 6.18. The molecule has 0 amide bonds. The predicted octanol–water partition coefficient (Wildman–Crippen LogP) is 4.88. The molecule has 3 aromatic rings. The van der Waals surface area contributed by atoms with E-state index >= 15 is 0 Å². The van der Waals surface area contributed by atoms with Gasteiger partial charge in [0, 0.05) is 30.5 Å². The largest absolute Gasteiger partial charge is 0.452 e. The lowest BCUT2D eigenvalue weighted by Crippen LogP contribution is -2.38. The molecular weight excluding hydrogens is 298 g/mol. The van der Waals surface area contributed by atoms with Gasteiger partial charge >= 0.3 is 0 Å². The molecule has 0 spiro atoms. The third-order valence-corrected chi connectivity index (χ3v) is 4.71. The second kappa shape index (κ2) is 5.55. The first-order valence-electron chi connectivity index (χ1n) is 8.55. The van der Waals surface area contributed by atoms with Gasteiger partial charge in [0.1, 0.15) is 11.7 Å². The van der Waals surface area contributed by atoms with Crippen molar-refractivity contribution >= 4 is 27.8 Å². The number of hydrogen-bond donors (Lipinski definition) is 0. The van der Waals surface area contributed by atoms with Gasteiger partial charge in [-0.25, -0.2) is 0 Å². The Morgan fingerprint density at radius 3 is 2.83 bits per heavy atom. The Kier molecular flexibility index (Phi) is 3.48. The molecule has 0 unspecified atom stereocenters. The minimum absolute atomic E-state index is 0.276. The van der Waals surface area contributed by atoms with Crippen LogP contribution in [0.2, 0.25) is 0 Å². The molecule has 0 N–H and O–H groups in total. The molecule has 0 fully saturated rings. The number of rotatable bonds is 3. The van der Waals surface area contributed by atoms with Gasteiger partial charge in [0.2, 0.25) is 0 Å². The third-order valence-electron chi connectivity index (χ3n) is 4.71. The highest BCUT2D eigenvalue weighted by Gasteiger charge is 2.27. The highest BCUT2D eigenvalue weighted by Crippen LogP contribution is 2.39. The van der Waals surface area contributed by atoms with Crippen LogP contribution in [0.15, 0.2) is 47.3 Å². The van der Waals surface area contributed by atoms with Crippen molar-refractivity contribution in [1.82, 2.24) is 9.88 Å². The molecule has 4 rings (SSSR count). The molecule has 24 heavy (non-hydrogen) atoms. The maximum absolute atomic E-state index is 6.18. The molecule has 124 valence electrons. The van der Waals surface area contributed by atoms with Gasteiger partial charge in [0.25, 0.3) is 0 Å². The zero-order chi connectivity index (χ0) is 16.8. The number of nitrogens with zero attached hydrogens (tertiary/aromatic N) is 3. The summed E-state index contributed by atoms with van der Waals surface area (Å²) < 4.78 is 6.18. The Bertz CT molecular complexity index is 925. The van der Waals surface area contributed by atoms with Crippen molar-refractivity contribution in [1.29, 1.82) is 0 Å². The second-order valence-electron chi connectivity index (χ2n) is 6.99. The van der Waals surface area contributed by atoms with Crippen molar-refractivity contribution in [2.75, 3.05) is 11.4 Å². The lowest BCUT2D eigenvalue weighted by molar-refractivity contribution is 0.284. The van der Waals surface area contributed by atoms with Crippen molar-refractivity contribution in [3.63, 3.8) is 0 Å². The van der Waals surface area contributed by atoms with Crippen LogP contribution >= 0.6 is 0 Å². The average molecular weight is 321 g/mol. The van der Waals surface area contributed by atoms with Gasteiger partial charge in [-0.05, 0) is 43.5 Å². The number of furan rings is 1. The van der Waals surface area contributed by atoms with Gasteiger partial charge in [-0.3, -0.25) is 4.98 Å². The minimum Gasteiger partial charge on any atom is -0.452 e. The van der Waals surface area contributed by atoms with E-state index in [0.29, 0.717) is 5.92 Å². The molecule has 0 saturated carbocycles. The standard InChI is InChI=1S/C20H23N3O/c1-13(2)12-22-10-11-23(15(22)4)19-14(3)7-8-16-18-17(24-20(16)19)6-5-9-21-18/h5-11,13,15H,12H2,1-4H3/t15-/m0/s1. The van der Waals surface area contributed by atoms with Crippen LogP contribution < -0.4 is 4.90 Å². The van der Waals surface area contributed by atoms with E-state index in [-0.39, 0.29) is 6.17 Å². The average Bonchev–Trinajstić information content (AvgIpc) is 3.09. The molecule has 4 nitrogen and oxygen atoms in total. The van der Waals surface area contributed by atoms with Crippen LogP contribution in [-0.2, 0) is 0 Å². The molecule has 1 aliphatic rings. The molecule has 0 aliphatic carbocycles. The van der Waals surface area contributed by atoms with Crippen molar-refractivity contribution in [3.8, 4) is 0 Å². The molecule has 0 radical (unpaired) electrons. The van der Waals surface area contributed by atoms with Crippen LogP contribution in [0.1, 0.15) is 26.3 Å². The van der Waals surface area contributed by atoms with Crippen LogP contribution in [0.4, 0.5) is 5.69 Å². The predicted molar refractivity (Wildman–Crippen MR) is 98.9 cm³/mol. The van der Waals surface area contributed by atoms with E-state index in [1.54, 1.807) is 0 Å². The lowest BCUT2D eigenvalue weighted by Gasteiger charge is -2.31. The summed E-state index contributed by atoms with van der Waals surface area (Å²) >= 11 is 0. The number of fused-ring (bicyclic) bond motifs is 3. The van der Waals surface area contributed by atoms with Crippen molar-refractivity contribution in [2.24, 2.45) is 5.92 Å². The molecular formula is C20H23N3O. The van der Waals surface area contributed by atoms with Gasteiger partial charge < -0.3 is 14.2 Å². The third kappa shape index (κ3) is 2.25. The Morgan fingerprint density at radius 2 is 2.04 bits per heavy atom. The first-order chi connectivity index (χ1) is 11.6. The van der Waals surface area contributed by atoms with E-state index in [1.807, 2.05) is 18.3 Å². The molecule has 0 saturated heterocycles. The number of pyridine rings is 1.